The fourth-order valence-electron chi connectivity index (χ4n) is 4.52. The molecule has 1 aromatic carbocycles. The van der Waals surface area contributed by atoms with Crippen LogP contribution in [0.25, 0.3) is 0 Å². The summed E-state index contributed by atoms with van der Waals surface area (Å²) < 4.78 is 12.6. The molecule has 29 heavy (non-hydrogen) atoms. The Morgan fingerprint density at radius 2 is 1.86 bits per heavy atom. The van der Waals surface area contributed by atoms with E-state index in [0.29, 0.717) is 24.6 Å². The number of likely N-dealkylation sites (N-methyl/N-ethyl adjacent to an activating group) is 1. The van der Waals surface area contributed by atoms with Gasteiger partial charge in [-0.25, -0.2) is 4.79 Å². The number of hydrogen-bond donors (Lipinski definition) is 0. The molecule has 0 atom stereocenters. The quantitative estimate of drug-likeness (QED) is 0.741. The van der Waals surface area contributed by atoms with Gasteiger partial charge in [0.05, 0.1) is 11.1 Å². The van der Waals surface area contributed by atoms with Crippen LogP contribution in [0.15, 0.2) is 41.3 Å². The summed E-state index contributed by atoms with van der Waals surface area (Å²) in [6.45, 7) is 3.12. The molecule has 0 unspecified atom stereocenters. The molecule has 2 aliphatic rings. The SMILES string of the molecule is COCC1CC2(C1)CN(C)C(=O)c1c(OC(=O)c3ccc(C)cc3)c(=O)ccn12. The van der Waals surface area contributed by atoms with Crippen LogP contribution >= 0.6 is 0 Å². The number of rotatable bonds is 4. The Labute approximate surface area is 168 Å². The molecule has 0 N–H and O–H groups in total. The van der Waals surface area contributed by atoms with Crippen LogP contribution < -0.4 is 10.2 Å². The van der Waals surface area contributed by atoms with Crippen molar-refractivity contribution in [3.8, 4) is 5.75 Å². The highest BCUT2D eigenvalue weighted by atomic mass is 16.5. The Balaban J connectivity index is 1.73. The summed E-state index contributed by atoms with van der Waals surface area (Å²) >= 11 is 0. The van der Waals surface area contributed by atoms with E-state index in [9.17, 15) is 14.4 Å². The smallest absolute Gasteiger partial charge is 0.343 e. The van der Waals surface area contributed by atoms with Gasteiger partial charge in [-0.05, 0) is 37.8 Å². The molecule has 0 saturated heterocycles. The van der Waals surface area contributed by atoms with Gasteiger partial charge in [0.1, 0.15) is 0 Å². The first-order valence-corrected chi connectivity index (χ1v) is 9.64. The molecule has 7 heteroatoms. The number of esters is 1. The van der Waals surface area contributed by atoms with Crippen LogP contribution in [0.1, 0.15) is 39.3 Å². The minimum atomic E-state index is -0.656. The molecule has 1 aliphatic heterocycles. The van der Waals surface area contributed by atoms with Crippen LogP contribution in [0.4, 0.5) is 0 Å². The van der Waals surface area contributed by atoms with E-state index in [2.05, 4.69) is 0 Å². The van der Waals surface area contributed by atoms with E-state index in [-0.39, 0.29) is 22.9 Å². The van der Waals surface area contributed by atoms with Gasteiger partial charge in [-0.15, -0.1) is 0 Å². The molecule has 0 radical (unpaired) electrons. The zero-order chi connectivity index (χ0) is 20.8. The third-order valence-corrected chi connectivity index (χ3v) is 5.87. The van der Waals surface area contributed by atoms with Gasteiger partial charge in [0.2, 0.25) is 11.2 Å². The largest absolute Gasteiger partial charge is 0.416 e. The van der Waals surface area contributed by atoms with Crippen LogP contribution in [0.3, 0.4) is 0 Å². The van der Waals surface area contributed by atoms with E-state index in [4.69, 9.17) is 9.47 Å². The second kappa shape index (κ2) is 7.15. The van der Waals surface area contributed by atoms with Crippen molar-refractivity contribution in [2.75, 3.05) is 27.3 Å². The maximum absolute atomic E-state index is 12.9. The molecule has 1 saturated carbocycles. The first-order chi connectivity index (χ1) is 13.8. The van der Waals surface area contributed by atoms with Crippen molar-refractivity contribution >= 4 is 11.9 Å². The Bertz CT molecular complexity index is 1020. The number of amides is 1. The lowest BCUT2D eigenvalue weighted by Gasteiger charge is -2.54. The van der Waals surface area contributed by atoms with Crippen LogP contribution in [0.5, 0.6) is 5.75 Å². The van der Waals surface area contributed by atoms with Crippen LogP contribution in [-0.4, -0.2) is 48.7 Å². The third-order valence-electron chi connectivity index (χ3n) is 5.87. The van der Waals surface area contributed by atoms with Gasteiger partial charge < -0.3 is 18.9 Å². The van der Waals surface area contributed by atoms with Crippen LogP contribution in [0.2, 0.25) is 0 Å². The summed E-state index contributed by atoms with van der Waals surface area (Å²) in [5, 5.41) is 0. The number of aryl methyl sites for hydroxylation is 1. The summed E-state index contributed by atoms with van der Waals surface area (Å²) in [6.07, 6.45) is 3.31. The highest BCUT2D eigenvalue weighted by molar-refractivity contribution is 5.98. The second-order valence-electron chi connectivity index (χ2n) is 8.10. The Kier molecular flexibility index (Phi) is 4.78. The first-order valence-electron chi connectivity index (χ1n) is 9.64. The zero-order valence-corrected chi connectivity index (χ0v) is 16.8. The minimum absolute atomic E-state index is 0.141. The summed E-state index contributed by atoms with van der Waals surface area (Å²) in [4.78, 5) is 39.7. The van der Waals surface area contributed by atoms with Gasteiger partial charge in [-0.1, -0.05) is 17.7 Å². The van der Waals surface area contributed by atoms with Crippen molar-refractivity contribution in [3.63, 3.8) is 0 Å². The molecule has 1 aromatic heterocycles. The van der Waals surface area contributed by atoms with Gasteiger partial charge in [-0.3, -0.25) is 9.59 Å². The lowest BCUT2D eigenvalue weighted by Crippen LogP contribution is -2.60. The number of carbonyl (C=O) groups excluding carboxylic acids is 2. The van der Waals surface area contributed by atoms with Crippen molar-refractivity contribution in [1.29, 1.82) is 0 Å². The third kappa shape index (κ3) is 3.25. The highest BCUT2D eigenvalue weighted by Gasteiger charge is 2.51. The summed E-state index contributed by atoms with van der Waals surface area (Å²) in [7, 11) is 3.38. The number of fused-ring (bicyclic) bond motifs is 2. The standard InChI is InChI=1S/C22H24N2O5/c1-14-4-6-16(7-5-14)21(27)29-19-17(25)8-9-24-18(19)20(26)23(2)13-22(24)10-15(11-22)12-28-3/h4-9,15H,10-13H2,1-3H3. The molecule has 7 nitrogen and oxygen atoms in total. The minimum Gasteiger partial charge on any atom is -0.416 e. The number of methoxy groups -OCH3 is 1. The lowest BCUT2D eigenvalue weighted by molar-refractivity contribution is -0.0189. The summed E-state index contributed by atoms with van der Waals surface area (Å²) in [5.41, 5.74) is 0.687. The first kappa shape index (κ1) is 19.4. The number of benzene rings is 1. The monoisotopic (exact) mass is 396 g/mol. The summed E-state index contributed by atoms with van der Waals surface area (Å²) in [6, 6.07) is 8.23. The lowest BCUT2D eigenvalue weighted by atomic mass is 9.67. The number of ether oxygens (including phenoxy) is 2. The molecular formula is C22H24N2O5. The van der Waals surface area contributed by atoms with Crippen molar-refractivity contribution in [2.24, 2.45) is 5.92 Å². The van der Waals surface area contributed by atoms with E-state index in [1.165, 1.54) is 6.07 Å². The van der Waals surface area contributed by atoms with E-state index < -0.39 is 11.4 Å². The average molecular weight is 396 g/mol. The predicted molar refractivity (Wildman–Crippen MR) is 106 cm³/mol. The van der Waals surface area contributed by atoms with Crippen molar-refractivity contribution < 1.29 is 19.1 Å². The molecule has 1 amide bonds. The molecule has 4 rings (SSSR count). The molecule has 2 heterocycles. The molecule has 2 aromatic rings. The van der Waals surface area contributed by atoms with E-state index in [1.54, 1.807) is 49.5 Å². The van der Waals surface area contributed by atoms with Crippen LogP contribution in [0, 0.1) is 12.8 Å². The Morgan fingerprint density at radius 3 is 2.52 bits per heavy atom. The maximum atomic E-state index is 12.9. The van der Waals surface area contributed by atoms with Crippen molar-refractivity contribution in [3.05, 3.63) is 63.6 Å². The van der Waals surface area contributed by atoms with Gasteiger partial charge in [0.25, 0.3) is 5.91 Å². The normalized spacial score (nSPS) is 22.9. The van der Waals surface area contributed by atoms with Crippen molar-refractivity contribution in [1.82, 2.24) is 9.47 Å². The van der Waals surface area contributed by atoms with Crippen LogP contribution in [-0.2, 0) is 10.3 Å². The molecule has 1 fully saturated rings. The maximum Gasteiger partial charge on any atom is 0.343 e. The molecule has 0 bridgehead atoms. The van der Waals surface area contributed by atoms with Gasteiger partial charge >= 0.3 is 5.97 Å². The van der Waals surface area contributed by atoms with E-state index >= 15 is 0 Å². The Morgan fingerprint density at radius 1 is 1.17 bits per heavy atom. The van der Waals surface area contributed by atoms with Gasteiger partial charge in [0.15, 0.2) is 5.69 Å². The molecule has 1 spiro atoms. The fourth-order valence-corrected chi connectivity index (χ4v) is 4.52. The summed E-state index contributed by atoms with van der Waals surface area (Å²) in [5.74, 6) is -0.788. The fraction of sp³-hybridized carbons (Fsp3) is 0.409. The van der Waals surface area contributed by atoms with Crippen molar-refractivity contribution in [2.45, 2.75) is 25.3 Å². The number of carbonyl (C=O) groups is 2. The molecule has 1 aliphatic carbocycles. The topological polar surface area (TPSA) is 77.8 Å². The Hall–Kier alpha value is -2.93. The molecule has 152 valence electrons. The number of pyridine rings is 1. The number of hydrogen-bond acceptors (Lipinski definition) is 5. The van der Waals surface area contributed by atoms with Gasteiger partial charge in [-0.2, -0.15) is 0 Å². The average Bonchev–Trinajstić information content (AvgIpc) is 2.66. The second-order valence-corrected chi connectivity index (χ2v) is 8.10. The number of nitrogens with zero attached hydrogens (tertiary/aromatic N) is 2. The predicted octanol–water partition coefficient (Wildman–Crippen LogP) is 2.21. The van der Waals surface area contributed by atoms with Gasteiger partial charge in [0, 0.05) is 39.6 Å². The number of aromatic nitrogens is 1. The highest BCUT2D eigenvalue weighted by Crippen LogP contribution is 2.47. The van der Waals surface area contributed by atoms with E-state index in [1.807, 2.05) is 11.5 Å². The van der Waals surface area contributed by atoms with E-state index in [0.717, 1.165) is 18.4 Å². The zero-order valence-electron chi connectivity index (χ0n) is 16.8. The molecular weight excluding hydrogens is 372 g/mol.